The van der Waals surface area contributed by atoms with Gasteiger partial charge in [-0.25, -0.2) is 4.98 Å². The minimum atomic E-state index is 0.456. The topological polar surface area (TPSA) is 37.8 Å². The highest BCUT2D eigenvalue weighted by Gasteiger charge is 2.19. The minimum absolute atomic E-state index is 0.456. The van der Waals surface area contributed by atoms with Crippen molar-refractivity contribution in [1.82, 2.24) is 15.3 Å². The van der Waals surface area contributed by atoms with Gasteiger partial charge in [0.15, 0.2) is 0 Å². The summed E-state index contributed by atoms with van der Waals surface area (Å²) >= 11 is 1.71. The largest absolute Gasteiger partial charge is 0.309 e. The fraction of sp³-hybridized carbons (Fsp3) is 0.385. The van der Waals surface area contributed by atoms with E-state index in [1.165, 1.54) is 24.1 Å². The maximum absolute atomic E-state index is 4.74. The van der Waals surface area contributed by atoms with E-state index >= 15 is 0 Å². The molecule has 1 N–H and O–H groups in total. The second-order valence-corrected chi connectivity index (χ2v) is 5.28. The van der Waals surface area contributed by atoms with Gasteiger partial charge < -0.3 is 5.32 Å². The van der Waals surface area contributed by atoms with Crippen LogP contribution in [-0.2, 0) is 0 Å². The summed E-state index contributed by atoms with van der Waals surface area (Å²) in [5, 5.41) is 6.73. The van der Waals surface area contributed by atoms with Crippen LogP contribution in [0.1, 0.15) is 30.1 Å². The van der Waals surface area contributed by atoms with Crippen molar-refractivity contribution in [1.29, 1.82) is 0 Å². The Morgan fingerprint density at radius 1 is 1.47 bits per heavy atom. The predicted molar refractivity (Wildman–Crippen MR) is 70.1 cm³/mol. The lowest BCUT2D eigenvalue weighted by molar-refractivity contribution is 0.632. The molecule has 0 unspecified atom stereocenters. The minimum Gasteiger partial charge on any atom is -0.309 e. The number of thiazole rings is 1. The van der Waals surface area contributed by atoms with Crippen molar-refractivity contribution >= 4 is 11.3 Å². The van der Waals surface area contributed by atoms with Gasteiger partial charge in [-0.1, -0.05) is 0 Å². The van der Waals surface area contributed by atoms with Gasteiger partial charge in [0.1, 0.15) is 5.01 Å². The number of hydrogen-bond donors (Lipinski definition) is 1. The van der Waals surface area contributed by atoms with Gasteiger partial charge in [-0.15, -0.1) is 11.3 Å². The maximum atomic E-state index is 4.74. The molecule has 2 aromatic rings. The predicted octanol–water partition coefficient (Wildman–Crippen LogP) is 2.94. The van der Waals surface area contributed by atoms with Gasteiger partial charge in [0.05, 0.1) is 11.7 Å². The molecule has 3 heterocycles. The van der Waals surface area contributed by atoms with Crippen LogP contribution in [0.3, 0.4) is 0 Å². The standard InChI is InChI=1S/C13H15N3S/c1-9-4-6-14-7-10(9)13-16-12(8-17-13)11-3-2-5-15-11/h4,6-8,11,15H,2-3,5H2,1H3/t11-/m0/s1. The van der Waals surface area contributed by atoms with Crippen molar-refractivity contribution in [2.75, 3.05) is 6.54 Å². The lowest BCUT2D eigenvalue weighted by Gasteiger charge is -2.05. The van der Waals surface area contributed by atoms with Crippen molar-refractivity contribution in [3.05, 3.63) is 35.1 Å². The van der Waals surface area contributed by atoms with Crippen molar-refractivity contribution in [3.63, 3.8) is 0 Å². The molecule has 0 saturated carbocycles. The second kappa shape index (κ2) is 4.55. The van der Waals surface area contributed by atoms with E-state index in [2.05, 4.69) is 22.6 Å². The van der Waals surface area contributed by atoms with Gasteiger partial charge in [0, 0.05) is 23.3 Å². The molecule has 1 aliphatic heterocycles. The van der Waals surface area contributed by atoms with E-state index in [1.807, 2.05) is 18.5 Å². The molecule has 0 radical (unpaired) electrons. The zero-order valence-electron chi connectivity index (χ0n) is 9.81. The van der Waals surface area contributed by atoms with Crippen LogP contribution in [0.2, 0.25) is 0 Å². The molecular weight excluding hydrogens is 230 g/mol. The molecule has 17 heavy (non-hydrogen) atoms. The van der Waals surface area contributed by atoms with E-state index in [0.29, 0.717) is 6.04 Å². The van der Waals surface area contributed by atoms with Crippen LogP contribution in [0.15, 0.2) is 23.8 Å². The Hall–Kier alpha value is -1.26. The van der Waals surface area contributed by atoms with Crippen LogP contribution in [0.5, 0.6) is 0 Å². The number of nitrogens with zero attached hydrogens (tertiary/aromatic N) is 2. The van der Waals surface area contributed by atoms with Gasteiger partial charge in [-0.2, -0.15) is 0 Å². The normalized spacial score (nSPS) is 19.7. The van der Waals surface area contributed by atoms with Crippen LogP contribution >= 0.6 is 11.3 Å². The lowest BCUT2D eigenvalue weighted by Crippen LogP contribution is -2.12. The molecule has 2 aromatic heterocycles. The van der Waals surface area contributed by atoms with Gasteiger partial charge in [-0.3, -0.25) is 4.98 Å². The number of aryl methyl sites for hydroxylation is 1. The molecule has 0 spiro atoms. The highest BCUT2D eigenvalue weighted by Crippen LogP contribution is 2.30. The third-order valence-corrected chi connectivity index (χ3v) is 4.10. The van der Waals surface area contributed by atoms with E-state index in [0.717, 1.165) is 17.1 Å². The average Bonchev–Trinajstić information content (AvgIpc) is 3.00. The second-order valence-electron chi connectivity index (χ2n) is 4.42. The Morgan fingerprint density at radius 3 is 3.18 bits per heavy atom. The summed E-state index contributed by atoms with van der Waals surface area (Å²) in [7, 11) is 0. The highest BCUT2D eigenvalue weighted by molar-refractivity contribution is 7.13. The molecule has 1 saturated heterocycles. The van der Waals surface area contributed by atoms with E-state index in [4.69, 9.17) is 4.98 Å². The number of hydrogen-bond acceptors (Lipinski definition) is 4. The number of rotatable bonds is 2. The Bertz CT molecular complexity index is 515. The van der Waals surface area contributed by atoms with Crippen molar-refractivity contribution in [2.24, 2.45) is 0 Å². The van der Waals surface area contributed by atoms with E-state index < -0.39 is 0 Å². The Morgan fingerprint density at radius 2 is 2.41 bits per heavy atom. The Labute approximate surface area is 105 Å². The summed E-state index contributed by atoms with van der Waals surface area (Å²) in [6, 6.07) is 2.49. The highest BCUT2D eigenvalue weighted by atomic mass is 32.1. The number of pyridine rings is 1. The molecular formula is C13H15N3S. The quantitative estimate of drug-likeness (QED) is 0.884. The molecule has 3 nitrogen and oxygen atoms in total. The smallest absolute Gasteiger partial charge is 0.125 e. The molecule has 3 rings (SSSR count). The summed E-state index contributed by atoms with van der Waals surface area (Å²) in [4.78, 5) is 8.92. The van der Waals surface area contributed by atoms with Crippen molar-refractivity contribution in [2.45, 2.75) is 25.8 Å². The van der Waals surface area contributed by atoms with Crippen LogP contribution < -0.4 is 5.32 Å². The average molecular weight is 245 g/mol. The van der Waals surface area contributed by atoms with Crippen molar-refractivity contribution in [3.8, 4) is 10.6 Å². The van der Waals surface area contributed by atoms with Crippen LogP contribution in [-0.4, -0.2) is 16.5 Å². The fourth-order valence-corrected chi connectivity index (χ4v) is 3.14. The molecule has 1 fully saturated rings. The molecule has 4 heteroatoms. The third kappa shape index (κ3) is 2.10. The molecule has 0 aliphatic carbocycles. The first-order valence-electron chi connectivity index (χ1n) is 5.94. The first-order chi connectivity index (χ1) is 8.34. The maximum Gasteiger partial charge on any atom is 0.125 e. The Balaban J connectivity index is 1.92. The van der Waals surface area contributed by atoms with E-state index in [1.54, 1.807) is 11.3 Å². The van der Waals surface area contributed by atoms with Gasteiger partial charge in [0.25, 0.3) is 0 Å². The zero-order chi connectivity index (χ0) is 11.7. The Kier molecular flexibility index (Phi) is 2.91. The zero-order valence-corrected chi connectivity index (χ0v) is 10.6. The van der Waals surface area contributed by atoms with Crippen molar-refractivity contribution < 1.29 is 0 Å². The van der Waals surface area contributed by atoms with E-state index in [9.17, 15) is 0 Å². The van der Waals surface area contributed by atoms with Gasteiger partial charge in [-0.05, 0) is 37.9 Å². The fourth-order valence-electron chi connectivity index (χ4n) is 2.19. The summed E-state index contributed by atoms with van der Waals surface area (Å²) < 4.78 is 0. The number of aromatic nitrogens is 2. The van der Waals surface area contributed by atoms with Crippen LogP contribution in [0.25, 0.3) is 10.6 Å². The summed E-state index contributed by atoms with van der Waals surface area (Å²) in [6.07, 6.45) is 6.19. The SMILES string of the molecule is Cc1ccncc1-c1nc([C@@H]2CCCN2)cs1. The van der Waals surface area contributed by atoms with Crippen LogP contribution in [0.4, 0.5) is 0 Å². The van der Waals surface area contributed by atoms with E-state index in [-0.39, 0.29) is 0 Å². The third-order valence-electron chi connectivity index (χ3n) is 3.21. The summed E-state index contributed by atoms with van der Waals surface area (Å²) in [5.41, 5.74) is 3.58. The molecule has 88 valence electrons. The van der Waals surface area contributed by atoms with Crippen LogP contribution in [0, 0.1) is 6.92 Å². The monoisotopic (exact) mass is 245 g/mol. The van der Waals surface area contributed by atoms with Gasteiger partial charge >= 0.3 is 0 Å². The molecule has 1 aliphatic rings. The summed E-state index contributed by atoms with van der Waals surface area (Å²) in [6.45, 7) is 3.22. The molecule has 0 aromatic carbocycles. The number of nitrogens with one attached hydrogen (secondary N) is 1. The molecule has 0 amide bonds. The molecule has 1 atom stereocenters. The lowest BCUT2D eigenvalue weighted by atomic mass is 10.1. The first kappa shape index (κ1) is 10.9. The first-order valence-corrected chi connectivity index (χ1v) is 6.82. The summed E-state index contributed by atoms with van der Waals surface area (Å²) in [5.74, 6) is 0. The molecule has 0 bridgehead atoms. The van der Waals surface area contributed by atoms with Gasteiger partial charge in [0.2, 0.25) is 0 Å².